The normalized spacial score (nSPS) is 10.8. The molecule has 0 bridgehead atoms. The van der Waals surface area contributed by atoms with Crippen molar-refractivity contribution in [3.63, 3.8) is 0 Å². The highest BCUT2D eigenvalue weighted by Gasteiger charge is 2.10. The van der Waals surface area contributed by atoms with Crippen LogP contribution in [0.25, 0.3) is 10.8 Å². The van der Waals surface area contributed by atoms with Crippen molar-refractivity contribution >= 4 is 28.6 Å². The summed E-state index contributed by atoms with van der Waals surface area (Å²) >= 11 is 0. The number of nitrogens with zero attached hydrogens (tertiary/aromatic N) is 2. The van der Waals surface area contributed by atoms with Crippen LogP contribution in [0.1, 0.15) is 5.56 Å². The first-order valence-corrected chi connectivity index (χ1v) is 7.81. The molecule has 1 N–H and O–H groups in total. The number of fused-ring (bicyclic) bond motifs is 1. The van der Waals surface area contributed by atoms with Crippen LogP contribution in [-0.4, -0.2) is 23.7 Å². The zero-order valence-electron chi connectivity index (χ0n) is 13.7. The number of hydrogen-bond donors (Lipinski definition) is 1. The number of benzene rings is 3. The molecule has 7 nitrogen and oxygen atoms in total. The number of carbonyl (C=O) groups excluding carboxylic acids is 1. The average molecular weight is 349 g/mol. The quantitative estimate of drug-likeness (QED) is 0.420. The Kier molecular flexibility index (Phi) is 5.19. The van der Waals surface area contributed by atoms with Gasteiger partial charge in [-0.25, -0.2) is 5.43 Å². The molecule has 26 heavy (non-hydrogen) atoms. The van der Waals surface area contributed by atoms with E-state index in [0.29, 0.717) is 11.3 Å². The molecule has 3 aromatic rings. The minimum atomic E-state index is -0.507. The lowest BCUT2D eigenvalue weighted by molar-refractivity contribution is -0.385. The highest BCUT2D eigenvalue weighted by Crippen LogP contribution is 2.24. The molecule has 0 heterocycles. The van der Waals surface area contributed by atoms with Gasteiger partial charge < -0.3 is 4.74 Å². The monoisotopic (exact) mass is 349 g/mol. The summed E-state index contributed by atoms with van der Waals surface area (Å²) in [5.41, 5.74) is 2.51. The lowest BCUT2D eigenvalue weighted by Crippen LogP contribution is -2.24. The second-order valence-electron chi connectivity index (χ2n) is 5.38. The molecule has 130 valence electrons. The molecule has 0 aliphatic heterocycles. The smallest absolute Gasteiger partial charge is 0.278 e. The highest BCUT2D eigenvalue weighted by atomic mass is 16.6. The molecule has 0 unspecified atom stereocenters. The van der Waals surface area contributed by atoms with Gasteiger partial charge in [-0.3, -0.25) is 14.9 Å². The number of carbonyl (C=O) groups is 1. The van der Waals surface area contributed by atoms with Gasteiger partial charge in [0, 0.05) is 11.5 Å². The zero-order valence-corrected chi connectivity index (χ0v) is 13.7. The summed E-state index contributed by atoms with van der Waals surface area (Å²) in [6, 6.07) is 19.4. The molecule has 0 saturated heterocycles. The number of amides is 1. The minimum absolute atomic E-state index is 0.0856. The summed E-state index contributed by atoms with van der Waals surface area (Å²) in [5, 5.41) is 16.6. The standard InChI is InChI=1S/C19H15N3O4/c23-19(21-20-12-15-7-2-4-10-17(15)22(24)25)13-26-18-11-5-8-14-6-1-3-9-16(14)18/h1-12H,13H2,(H,21,23)/b20-12-. The van der Waals surface area contributed by atoms with E-state index >= 15 is 0 Å². The second kappa shape index (κ2) is 7.89. The zero-order chi connectivity index (χ0) is 18.4. The van der Waals surface area contributed by atoms with E-state index in [-0.39, 0.29) is 12.3 Å². The third-order valence-electron chi connectivity index (χ3n) is 3.63. The van der Waals surface area contributed by atoms with Gasteiger partial charge in [-0.1, -0.05) is 48.5 Å². The third-order valence-corrected chi connectivity index (χ3v) is 3.63. The van der Waals surface area contributed by atoms with Gasteiger partial charge in [-0.2, -0.15) is 5.10 Å². The van der Waals surface area contributed by atoms with Crippen molar-refractivity contribution in [2.75, 3.05) is 6.61 Å². The van der Waals surface area contributed by atoms with E-state index in [0.717, 1.165) is 10.8 Å². The Morgan fingerprint density at radius 2 is 1.81 bits per heavy atom. The minimum Gasteiger partial charge on any atom is -0.483 e. The predicted octanol–water partition coefficient (Wildman–Crippen LogP) is 3.28. The topological polar surface area (TPSA) is 93.8 Å². The summed E-state index contributed by atoms with van der Waals surface area (Å²) in [6.45, 7) is -0.220. The molecule has 3 aromatic carbocycles. The lowest BCUT2D eigenvalue weighted by Gasteiger charge is -2.08. The fourth-order valence-electron chi connectivity index (χ4n) is 2.43. The fourth-order valence-corrected chi connectivity index (χ4v) is 2.43. The van der Waals surface area contributed by atoms with Crippen molar-refractivity contribution < 1.29 is 14.5 Å². The lowest BCUT2D eigenvalue weighted by atomic mass is 10.1. The van der Waals surface area contributed by atoms with Crippen molar-refractivity contribution in [1.82, 2.24) is 5.43 Å². The first-order valence-electron chi connectivity index (χ1n) is 7.81. The van der Waals surface area contributed by atoms with E-state index in [1.54, 1.807) is 24.3 Å². The maximum absolute atomic E-state index is 11.9. The van der Waals surface area contributed by atoms with Gasteiger partial charge in [0.2, 0.25) is 0 Å². The third kappa shape index (κ3) is 4.02. The molecular formula is C19H15N3O4. The van der Waals surface area contributed by atoms with Gasteiger partial charge in [0.05, 0.1) is 16.7 Å². The second-order valence-corrected chi connectivity index (χ2v) is 5.38. The van der Waals surface area contributed by atoms with Gasteiger partial charge in [-0.15, -0.1) is 0 Å². The van der Waals surface area contributed by atoms with Crippen LogP contribution in [0.15, 0.2) is 71.8 Å². The van der Waals surface area contributed by atoms with Crippen molar-refractivity contribution in [2.45, 2.75) is 0 Å². The maximum atomic E-state index is 11.9. The number of para-hydroxylation sites is 1. The Morgan fingerprint density at radius 1 is 1.08 bits per heavy atom. The maximum Gasteiger partial charge on any atom is 0.278 e. The van der Waals surface area contributed by atoms with E-state index in [2.05, 4.69) is 10.5 Å². The van der Waals surface area contributed by atoms with E-state index in [1.165, 1.54) is 12.3 Å². The Balaban J connectivity index is 1.60. The number of nitrogens with one attached hydrogen (secondary N) is 1. The van der Waals surface area contributed by atoms with Crippen molar-refractivity contribution in [3.8, 4) is 5.75 Å². The average Bonchev–Trinajstić information content (AvgIpc) is 2.66. The first-order chi connectivity index (χ1) is 12.6. The van der Waals surface area contributed by atoms with Crippen LogP contribution < -0.4 is 10.2 Å². The largest absolute Gasteiger partial charge is 0.483 e. The van der Waals surface area contributed by atoms with Crippen LogP contribution in [0.5, 0.6) is 5.75 Å². The van der Waals surface area contributed by atoms with Crippen LogP contribution in [0, 0.1) is 10.1 Å². The van der Waals surface area contributed by atoms with Crippen molar-refractivity contribution in [3.05, 3.63) is 82.4 Å². The molecule has 0 spiro atoms. The van der Waals surface area contributed by atoms with Crippen molar-refractivity contribution in [1.29, 1.82) is 0 Å². The molecule has 0 aliphatic carbocycles. The Hall–Kier alpha value is -3.74. The van der Waals surface area contributed by atoms with Crippen LogP contribution in [-0.2, 0) is 4.79 Å². The fraction of sp³-hybridized carbons (Fsp3) is 0.0526. The first kappa shape index (κ1) is 17.1. The van der Waals surface area contributed by atoms with Gasteiger partial charge in [0.1, 0.15) is 5.75 Å². The summed E-state index contributed by atoms with van der Waals surface area (Å²) in [5.74, 6) is 0.133. The van der Waals surface area contributed by atoms with Crippen LogP contribution in [0.4, 0.5) is 5.69 Å². The molecule has 0 saturated carbocycles. The van der Waals surface area contributed by atoms with Gasteiger partial charge in [0.25, 0.3) is 11.6 Å². The van der Waals surface area contributed by atoms with E-state index in [4.69, 9.17) is 4.74 Å². The summed E-state index contributed by atoms with van der Waals surface area (Å²) < 4.78 is 5.55. The molecular weight excluding hydrogens is 334 g/mol. The van der Waals surface area contributed by atoms with Gasteiger partial charge in [-0.05, 0) is 17.5 Å². The number of hydrazone groups is 1. The molecule has 0 fully saturated rings. The Morgan fingerprint density at radius 3 is 2.65 bits per heavy atom. The van der Waals surface area contributed by atoms with E-state index in [9.17, 15) is 14.9 Å². The van der Waals surface area contributed by atoms with Gasteiger partial charge in [0.15, 0.2) is 6.61 Å². The van der Waals surface area contributed by atoms with Gasteiger partial charge >= 0.3 is 0 Å². The van der Waals surface area contributed by atoms with E-state index < -0.39 is 10.8 Å². The number of nitro benzene ring substituents is 1. The summed E-state index contributed by atoms with van der Waals surface area (Å²) in [4.78, 5) is 22.3. The molecule has 0 aliphatic rings. The molecule has 1 amide bonds. The summed E-state index contributed by atoms with van der Waals surface area (Å²) in [6.07, 6.45) is 1.23. The van der Waals surface area contributed by atoms with E-state index in [1.807, 2.05) is 36.4 Å². The highest BCUT2D eigenvalue weighted by molar-refractivity contribution is 5.89. The number of hydrogen-bond acceptors (Lipinski definition) is 5. The Bertz CT molecular complexity index is 980. The van der Waals surface area contributed by atoms with Crippen LogP contribution in [0.3, 0.4) is 0 Å². The van der Waals surface area contributed by atoms with Crippen LogP contribution >= 0.6 is 0 Å². The molecule has 0 aromatic heterocycles. The molecule has 7 heteroatoms. The molecule has 0 atom stereocenters. The number of nitro groups is 1. The van der Waals surface area contributed by atoms with Crippen LogP contribution in [0.2, 0.25) is 0 Å². The molecule has 3 rings (SSSR count). The predicted molar refractivity (Wildman–Crippen MR) is 98.3 cm³/mol. The summed E-state index contributed by atoms with van der Waals surface area (Å²) in [7, 11) is 0. The van der Waals surface area contributed by atoms with Crippen molar-refractivity contribution in [2.24, 2.45) is 5.10 Å². The number of ether oxygens (including phenoxy) is 1. The SMILES string of the molecule is O=C(COc1cccc2ccccc12)N/N=C\c1ccccc1[N+](=O)[O-]. The Labute approximate surface area is 149 Å². The number of rotatable bonds is 6. The molecule has 0 radical (unpaired) electrons.